The van der Waals surface area contributed by atoms with Crippen LogP contribution in [0.15, 0.2) is 23.7 Å². The molecule has 1 atom stereocenters. The Morgan fingerprint density at radius 3 is 3.14 bits per heavy atom. The molecule has 1 unspecified atom stereocenters. The van der Waals surface area contributed by atoms with E-state index in [1.165, 1.54) is 0 Å². The van der Waals surface area contributed by atoms with Crippen LogP contribution >= 0.6 is 11.3 Å². The molecule has 0 radical (unpaired) electrons. The van der Waals surface area contributed by atoms with Crippen LogP contribution in [-0.2, 0) is 0 Å². The number of hydrogen-bond donors (Lipinski definition) is 3. The molecule has 2 rings (SSSR count). The molecule has 0 saturated heterocycles. The summed E-state index contributed by atoms with van der Waals surface area (Å²) in [6.07, 6.45) is 1.00. The monoisotopic (exact) mass is 209 g/mol. The lowest BCUT2D eigenvalue weighted by atomic mass is 10.3. The van der Waals surface area contributed by atoms with Crippen LogP contribution in [0, 0.1) is 0 Å². The molecule has 0 fully saturated rings. The fourth-order valence-electron chi connectivity index (χ4n) is 1.17. The van der Waals surface area contributed by atoms with Gasteiger partial charge in [0, 0.05) is 6.54 Å². The minimum Gasteiger partial charge on any atom is -0.384 e. The molecule has 74 valence electrons. The molecule has 5 heteroatoms. The highest BCUT2D eigenvalue weighted by molar-refractivity contribution is 7.13. The third kappa shape index (κ3) is 1.70. The van der Waals surface area contributed by atoms with Crippen LogP contribution in [-0.4, -0.2) is 21.6 Å². The predicted octanol–water partition coefficient (Wildman–Crippen LogP) is 1.13. The summed E-state index contributed by atoms with van der Waals surface area (Å²) in [7, 11) is 0. The van der Waals surface area contributed by atoms with Gasteiger partial charge in [0.25, 0.3) is 0 Å². The molecule has 0 aliphatic carbocycles. The number of nitrogens with one attached hydrogen (secondary N) is 1. The summed E-state index contributed by atoms with van der Waals surface area (Å²) < 4.78 is 0. The van der Waals surface area contributed by atoms with Gasteiger partial charge in [-0.25, -0.2) is 4.98 Å². The van der Waals surface area contributed by atoms with E-state index in [1.807, 2.05) is 17.5 Å². The molecule has 0 aliphatic rings. The summed E-state index contributed by atoms with van der Waals surface area (Å²) in [6, 6.07) is 3.97. The van der Waals surface area contributed by atoms with E-state index in [0.29, 0.717) is 5.82 Å². The summed E-state index contributed by atoms with van der Waals surface area (Å²) in [5.41, 5.74) is 6.24. The van der Waals surface area contributed by atoms with Gasteiger partial charge in [0.05, 0.1) is 16.8 Å². The van der Waals surface area contributed by atoms with E-state index in [-0.39, 0.29) is 6.54 Å². The van der Waals surface area contributed by atoms with Gasteiger partial charge in [-0.15, -0.1) is 11.3 Å². The van der Waals surface area contributed by atoms with Crippen molar-refractivity contribution in [2.75, 3.05) is 6.54 Å². The second-order valence-electron chi connectivity index (χ2n) is 2.91. The molecule has 0 bridgehead atoms. The van der Waals surface area contributed by atoms with Crippen molar-refractivity contribution in [1.29, 1.82) is 0 Å². The molecule has 2 heterocycles. The zero-order chi connectivity index (χ0) is 9.97. The summed E-state index contributed by atoms with van der Waals surface area (Å²) >= 11 is 1.62. The van der Waals surface area contributed by atoms with Crippen LogP contribution in [0.4, 0.5) is 0 Å². The van der Waals surface area contributed by atoms with Crippen LogP contribution in [0.2, 0.25) is 0 Å². The van der Waals surface area contributed by atoms with Gasteiger partial charge < -0.3 is 15.8 Å². The number of imidazole rings is 1. The van der Waals surface area contributed by atoms with Crippen LogP contribution in [0.25, 0.3) is 10.6 Å². The average molecular weight is 209 g/mol. The first-order valence-corrected chi connectivity index (χ1v) is 5.16. The maximum absolute atomic E-state index is 9.42. The van der Waals surface area contributed by atoms with Crippen LogP contribution in [0.1, 0.15) is 11.9 Å². The zero-order valence-corrected chi connectivity index (χ0v) is 8.29. The van der Waals surface area contributed by atoms with Crippen molar-refractivity contribution in [1.82, 2.24) is 9.97 Å². The molecule has 0 amide bonds. The molecule has 0 aliphatic heterocycles. The number of aliphatic hydroxyl groups is 1. The molecule has 14 heavy (non-hydrogen) atoms. The van der Waals surface area contributed by atoms with Gasteiger partial charge in [0.1, 0.15) is 11.9 Å². The first kappa shape index (κ1) is 9.39. The van der Waals surface area contributed by atoms with Gasteiger partial charge in [-0.2, -0.15) is 0 Å². The van der Waals surface area contributed by atoms with Crippen molar-refractivity contribution in [2.45, 2.75) is 6.10 Å². The second-order valence-corrected chi connectivity index (χ2v) is 3.86. The Kier molecular flexibility index (Phi) is 2.62. The number of rotatable bonds is 3. The third-order valence-corrected chi connectivity index (χ3v) is 2.82. The molecule has 2 aromatic heterocycles. The summed E-state index contributed by atoms with van der Waals surface area (Å²) in [4.78, 5) is 8.20. The molecule has 0 spiro atoms. The van der Waals surface area contributed by atoms with Crippen molar-refractivity contribution in [3.63, 3.8) is 0 Å². The third-order valence-electron chi connectivity index (χ3n) is 1.92. The zero-order valence-electron chi connectivity index (χ0n) is 7.47. The van der Waals surface area contributed by atoms with Gasteiger partial charge in [-0.05, 0) is 11.4 Å². The maximum Gasteiger partial charge on any atom is 0.136 e. The van der Waals surface area contributed by atoms with Gasteiger partial charge in [0.2, 0.25) is 0 Å². The quantitative estimate of drug-likeness (QED) is 0.709. The van der Waals surface area contributed by atoms with E-state index in [1.54, 1.807) is 17.5 Å². The van der Waals surface area contributed by atoms with Crippen molar-refractivity contribution in [2.24, 2.45) is 5.73 Å². The normalized spacial score (nSPS) is 13.0. The minimum atomic E-state index is -0.705. The van der Waals surface area contributed by atoms with E-state index in [2.05, 4.69) is 9.97 Å². The lowest BCUT2D eigenvalue weighted by Gasteiger charge is -2.01. The largest absolute Gasteiger partial charge is 0.384 e. The van der Waals surface area contributed by atoms with E-state index < -0.39 is 6.10 Å². The fourth-order valence-corrected chi connectivity index (χ4v) is 1.87. The Hall–Kier alpha value is -1.17. The van der Waals surface area contributed by atoms with Gasteiger partial charge in [0.15, 0.2) is 0 Å². The number of thiophene rings is 1. The number of aromatic amines is 1. The lowest BCUT2D eigenvalue weighted by Crippen LogP contribution is -2.12. The molecular formula is C9H11N3OS. The highest BCUT2D eigenvalue weighted by atomic mass is 32.1. The Bertz CT molecular complexity index is 396. The number of hydrogen-bond acceptors (Lipinski definition) is 4. The number of aliphatic hydroxyl groups excluding tert-OH is 1. The van der Waals surface area contributed by atoms with Crippen LogP contribution in [0.3, 0.4) is 0 Å². The van der Waals surface area contributed by atoms with E-state index >= 15 is 0 Å². The van der Waals surface area contributed by atoms with Gasteiger partial charge >= 0.3 is 0 Å². The van der Waals surface area contributed by atoms with Crippen molar-refractivity contribution in [3.05, 3.63) is 29.5 Å². The average Bonchev–Trinajstić information content (AvgIpc) is 2.86. The molecule has 0 saturated carbocycles. The topological polar surface area (TPSA) is 74.9 Å². The lowest BCUT2D eigenvalue weighted by molar-refractivity contribution is 0.177. The van der Waals surface area contributed by atoms with Gasteiger partial charge in [-0.3, -0.25) is 0 Å². The number of H-pyrrole nitrogens is 1. The predicted molar refractivity (Wildman–Crippen MR) is 55.9 cm³/mol. The summed E-state index contributed by atoms with van der Waals surface area (Å²) in [5, 5.41) is 11.4. The maximum atomic E-state index is 9.42. The van der Waals surface area contributed by atoms with Crippen molar-refractivity contribution < 1.29 is 5.11 Å². The SMILES string of the molecule is NCC(O)c1ncc(-c2cccs2)[nH]1. The van der Waals surface area contributed by atoms with Crippen molar-refractivity contribution in [3.8, 4) is 10.6 Å². The second kappa shape index (κ2) is 3.91. The van der Waals surface area contributed by atoms with E-state index in [4.69, 9.17) is 5.73 Å². The molecule has 2 aromatic rings. The summed E-state index contributed by atoms with van der Waals surface area (Å²) in [6.45, 7) is 0.178. The van der Waals surface area contributed by atoms with E-state index in [9.17, 15) is 5.11 Å². The molecule has 4 nitrogen and oxygen atoms in total. The number of nitrogens with two attached hydrogens (primary N) is 1. The standard InChI is InChI=1S/C9H11N3OS/c10-4-7(13)9-11-5-6(12-9)8-2-1-3-14-8/h1-3,5,7,13H,4,10H2,(H,11,12). The molecule has 4 N–H and O–H groups in total. The Labute approximate surface area is 85.4 Å². The smallest absolute Gasteiger partial charge is 0.136 e. The number of nitrogens with zero attached hydrogens (tertiary/aromatic N) is 1. The highest BCUT2D eigenvalue weighted by Crippen LogP contribution is 2.23. The minimum absolute atomic E-state index is 0.178. The van der Waals surface area contributed by atoms with Crippen LogP contribution < -0.4 is 5.73 Å². The summed E-state index contributed by atoms with van der Waals surface area (Å²) in [5.74, 6) is 0.524. The van der Waals surface area contributed by atoms with Crippen molar-refractivity contribution >= 4 is 11.3 Å². The molecule has 0 aromatic carbocycles. The van der Waals surface area contributed by atoms with E-state index in [0.717, 1.165) is 10.6 Å². The Morgan fingerprint density at radius 2 is 2.50 bits per heavy atom. The first-order chi connectivity index (χ1) is 6.81. The van der Waals surface area contributed by atoms with Crippen LogP contribution in [0.5, 0.6) is 0 Å². The Morgan fingerprint density at radius 1 is 1.64 bits per heavy atom. The number of aromatic nitrogens is 2. The Balaban J connectivity index is 2.26. The first-order valence-electron chi connectivity index (χ1n) is 4.28. The van der Waals surface area contributed by atoms with Gasteiger partial charge in [-0.1, -0.05) is 6.07 Å². The molecular weight excluding hydrogens is 198 g/mol. The fraction of sp³-hybridized carbons (Fsp3) is 0.222. The highest BCUT2D eigenvalue weighted by Gasteiger charge is 2.10.